The minimum atomic E-state index is -0.125. The Bertz CT molecular complexity index is 780. The van der Waals surface area contributed by atoms with Gasteiger partial charge in [-0.2, -0.15) is 0 Å². The van der Waals surface area contributed by atoms with Crippen molar-refractivity contribution in [2.75, 3.05) is 33.5 Å². The molecule has 29 heavy (non-hydrogen) atoms. The molecule has 0 unspecified atom stereocenters. The zero-order chi connectivity index (χ0) is 21.4. The van der Waals surface area contributed by atoms with Crippen LogP contribution in [0.15, 0.2) is 36.4 Å². The maximum Gasteiger partial charge on any atom is 0.122 e. The first kappa shape index (κ1) is 23.2. The maximum atomic E-state index is 5.89. The van der Waals surface area contributed by atoms with Crippen LogP contribution in [0.2, 0.25) is 0 Å². The topological polar surface area (TPSA) is 36.9 Å². The molecule has 0 heterocycles. The second kappa shape index (κ2) is 10.7. The van der Waals surface area contributed by atoms with Crippen LogP contribution in [-0.2, 0) is 14.9 Å². The Hall–Kier alpha value is -2.04. The van der Waals surface area contributed by atoms with Gasteiger partial charge in [0.15, 0.2) is 0 Å². The lowest BCUT2D eigenvalue weighted by atomic mass is 9.77. The number of rotatable bonds is 11. The van der Waals surface area contributed by atoms with E-state index >= 15 is 0 Å². The molecule has 160 valence electrons. The van der Waals surface area contributed by atoms with E-state index in [9.17, 15) is 0 Å². The molecule has 2 rings (SSSR count). The van der Waals surface area contributed by atoms with Crippen molar-refractivity contribution in [1.82, 2.24) is 0 Å². The summed E-state index contributed by atoms with van der Waals surface area (Å²) < 4.78 is 22.3. The lowest BCUT2D eigenvalue weighted by Gasteiger charge is -2.28. The normalized spacial score (nSPS) is 11.7. The molecule has 0 aliphatic rings. The number of hydrogen-bond donors (Lipinski definition) is 0. The Labute approximate surface area is 176 Å². The van der Waals surface area contributed by atoms with E-state index in [0.717, 1.165) is 22.6 Å². The standard InChI is InChI=1S/C25H36O4/c1-18(2)27-14-15-29-24-11-9-22(17-20(24)4)25(5,6)21-8-10-23(19(3)16-21)28-13-12-26-7/h8-11,16-18H,12-15H2,1-7H3. The smallest absolute Gasteiger partial charge is 0.122 e. The van der Waals surface area contributed by atoms with E-state index in [0.29, 0.717) is 26.4 Å². The number of ether oxygens (including phenoxy) is 4. The molecule has 0 saturated carbocycles. The van der Waals surface area contributed by atoms with Gasteiger partial charge < -0.3 is 18.9 Å². The minimum absolute atomic E-state index is 0.125. The summed E-state index contributed by atoms with van der Waals surface area (Å²) in [4.78, 5) is 0. The Morgan fingerprint density at radius 1 is 0.759 bits per heavy atom. The molecule has 0 fully saturated rings. The van der Waals surface area contributed by atoms with Crippen molar-refractivity contribution in [1.29, 1.82) is 0 Å². The molecule has 0 bridgehead atoms. The third kappa shape index (κ3) is 6.48. The summed E-state index contributed by atoms with van der Waals surface area (Å²) in [6, 6.07) is 12.9. The summed E-state index contributed by atoms with van der Waals surface area (Å²) in [5, 5.41) is 0. The molecule has 0 aromatic heterocycles. The van der Waals surface area contributed by atoms with Crippen LogP contribution in [0.25, 0.3) is 0 Å². The molecule has 0 N–H and O–H groups in total. The van der Waals surface area contributed by atoms with Gasteiger partial charge in [0, 0.05) is 12.5 Å². The molecule has 0 spiro atoms. The molecule has 0 aliphatic heterocycles. The van der Waals surface area contributed by atoms with Gasteiger partial charge in [0.05, 0.1) is 19.3 Å². The average Bonchev–Trinajstić information content (AvgIpc) is 2.67. The van der Waals surface area contributed by atoms with Crippen molar-refractivity contribution in [3.05, 3.63) is 58.7 Å². The SMILES string of the molecule is COCCOc1ccc(C(C)(C)c2ccc(OCCOC(C)C)c(C)c2)cc1C. The predicted octanol–water partition coefficient (Wildman–Crippen LogP) is 5.46. The predicted molar refractivity (Wildman–Crippen MR) is 118 cm³/mol. The third-order valence-corrected chi connectivity index (χ3v) is 5.13. The van der Waals surface area contributed by atoms with E-state index in [1.54, 1.807) is 7.11 Å². The molecule has 4 heteroatoms. The van der Waals surface area contributed by atoms with Crippen molar-refractivity contribution in [3.8, 4) is 11.5 Å². The van der Waals surface area contributed by atoms with Gasteiger partial charge >= 0.3 is 0 Å². The van der Waals surface area contributed by atoms with Crippen molar-refractivity contribution in [3.63, 3.8) is 0 Å². The summed E-state index contributed by atoms with van der Waals surface area (Å²) in [6.07, 6.45) is 0.225. The van der Waals surface area contributed by atoms with Gasteiger partial charge in [0.25, 0.3) is 0 Å². The highest BCUT2D eigenvalue weighted by Crippen LogP contribution is 2.35. The Morgan fingerprint density at radius 3 is 1.66 bits per heavy atom. The van der Waals surface area contributed by atoms with Crippen LogP contribution in [0.5, 0.6) is 11.5 Å². The van der Waals surface area contributed by atoms with Gasteiger partial charge in [-0.1, -0.05) is 38.1 Å². The Kier molecular flexibility index (Phi) is 8.54. The van der Waals surface area contributed by atoms with Crippen LogP contribution in [0.3, 0.4) is 0 Å². The summed E-state index contributed by atoms with van der Waals surface area (Å²) in [6.45, 7) is 15.0. The van der Waals surface area contributed by atoms with Gasteiger partial charge in [0.1, 0.15) is 24.7 Å². The van der Waals surface area contributed by atoms with E-state index < -0.39 is 0 Å². The first-order chi connectivity index (χ1) is 13.8. The number of aryl methyl sites for hydroxylation is 2. The van der Waals surface area contributed by atoms with Gasteiger partial charge in [0.2, 0.25) is 0 Å². The molecule has 0 radical (unpaired) electrons. The monoisotopic (exact) mass is 400 g/mol. The van der Waals surface area contributed by atoms with Crippen molar-refractivity contribution in [2.45, 2.75) is 53.1 Å². The van der Waals surface area contributed by atoms with Crippen LogP contribution in [0.1, 0.15) is 49.9 Å². The first-order valence-electron chi connectivity index (χ1n) is 10.3. The Morgan fingerprint density at radius 2 is 1.24 bits per heavy atom. The molecular formula is C25H36O4. The lowest BCUT2D eigenvalue weighted by Crippen LogP contribution is -2.19. The van der Waals surface area contributed by atoms with Crippen molar-refractivity contribution >= 4 is 0 Å². The Balaban J connectivity index is 2.12. The van der Waals surface area contributed by atoms with Crippen LogP contribution >= 0.6 is 0 Å². The molecule has 0 amide bonds. The van der Waals surface area contributed by atoms with Gasteiger partial charge in [-0.3, -0.25) is 0 Å². The van der Waals surface area contributed by atoms with Gasteiger partial charge in [-0.15, -0.1) is 0 Å². The summed E-state index contributed by atoms with van der Waals surface area (Å²) in [7, 11) is 1.68. The first-order valence-corrected chi connectivity index (χ1v) is 10.3. The van der Waals surface area contributed by atoms with Crippen LogP contribution in [-0.4, -0.2) is 39.6 Å². The highest BCUT2D eigenvalue weighted by Gasteiger charge is 2.24. The van der Waals surface area contributed by atoms with Gasteiger partial charge in [-0.05, 0) is 62.1 Å². The van der Waals surface area contributed by atoms with E-state index in [-0.39, 0.29) is 11.5 Å². The van der Waals surface area contributed by atoms with E-state index in [4.69, 9.17) is 18.9 Å². The second-order valence-electron chi connectivity index (χ2n) is 8.19. The number of hydrogen-bond acceptors (Lipinski definition) is 4. The van der Waals surface area contributed by atoms with Crippen molar-refractivity contribution < 1.29 is 18.9 Å². The van der Waals surface area contributed by atoms with E-state index in [1.807, 2.05) is 13.8 Å². The zero-order valence-corrected chi connectivity index (χ0v) is 19.0. The summed E-state index contributed by atoms with van der Waals surface area (Å²) in [5.41, 5.74) is 4.66. The van der Waals surface area contributed by atoms with E-state index in [2.05, 4.69) is 64.1 Å². The number of methoxy groups -OCH3 is 1. The molecule has 0 aliphatic carbocycles. The van der Waals surface area contributed by atoms with Gasteiger partial charge in [-0.25, -0.2) is 0 Å². The fourth-order valence-electron chi connectivity index (χ4n) is 3.24. The fourth-order valence-corrected chi connectivity index (χ4v) is 3.24. The molecule has 2 aromatic rings. The molecule has 4 nitrogen and oxygen atoms in total. The van der Waals surface area contributed by atoms with Crippen LogP contribution in [0.4, 0.5) is 0 Å². The third-order valence-electron chi connectivity index (χ3n) is 5.13. The molecule has 0 atom stereocenters. The van der Waals surface area contributed by atoms with Crippen LogP contribution < -0.4 is 9.47 Å². The van der Waals surface area contributed by atoms with E-state index in [1.165, 1.54) is 11.1 Å². The molecule has 0 saturated heterocycles. The summed E-state index contributed by atoms with van der Waals surface area (Å²) >= 11 is 0. The number of benzene rings is 2. The largest absolute Gasteiger partial charge is 0.491 e. The minimum Gasteiger partial charge on any atom is -0.491 e. The second-order valence-corrected chi connectivity index (χ2v) is 8.19. The average molecular weight is 401 g/mol. The highest BCUT2D eigenvalue weighted by molar-refractivity contribution is 5.47. The van der Waals surface area contributed by atoms with Crippen LogP contribution in [0, 0.1) is 13.8 Å². The zero-order valence-electron chi connectivity index (χ0n) is 19.0. The molecule has 2 aromatic carbocycles. The maximum absolute atomic E-state index is 5.89. The fraction of sp³-hybridized carbons (Fsp3) is 0.520. The van der Waals surface area contributed by atoms with Crippen molar-refractivity contribution in [2.24, 2.45) is 0 Å². The summed E-state index contributed by atoms with van der Waals surface area (Å²) in [5.74, 6) is 1.82. The highest BCUT2D eigenvalue weighted by atomic mass is 16.5. The quantitative estimate of drug-likeness (QED) is 0.470. The molecular weight excluding hydrogens is 364 g/mol. The lowest BCUT2D eigenvalue weighted by molar-refractivity contribution is 0.0551.